The van der Waals surface area contributed by atoms with Crippen LogP contribution < -0.4 is 33.2 Å². The van der Waals surface area contributed by atoms with Crippen LogP contribution in [-0.2, 0) is 19.2 Å². The lowest BCUT2D eigenvalue weighted by atomic mass is 9.99. The van der Waals surface area contributed by atoms with Gasteiger partial charge in [-0.15, -0.1) is 0 Å². The van der Waals surface area contributed by atoms with Gasteiger partial charge < -0.3 is 38.3 Å². The van der Waals surface area contributed by atoms with Crippen LogP contribution in [-0.4, -0.2) is 77.5 Å². The lowest BCUT2D eigenvalue weighted by Gasteiger charge is -2.26. The van der Waals surface area contributed by atoms with E-state index in [0.29, 0.717) is 25.0 Å². The molecular formula is C23H45N7O5S. The van der Waals surface area contributed by atoms with Gasteiger partial charge in [-0.25, -0.2) is 4.79 Å². The summed E-state index contributed by atoms with van der Waals surface area (Å²) in [6.07, 6.45) is 3.67. The van der Waals surface area contributed by atoms with E-state index in [0.717, 1.165) is 0 Å². The molecule has 0 aromatic rings. The first-order valence-corrected chi connectivity index (χ1v) is 13.7. The zero-order chi connectivity index (χ0) is 27.8. The fraction of sp³-hybridized carbons (Fsp3) is 0.783. The van der Waals surface area contributed by atoms with Crippen LogP contribution in [0, 0.1) is 11.8 Å². The lowest BCUT2D eigenvalue weighted by molar-refractivity contribution is -0.142. The van der Waals surface area contributed by atoms with Crippen LogP contribution in [0.25, 0.3) is 0 Å². The number of nitrogens with one attached hydrogen (secondary N) is 3. The highest BCUT2D eigenvalue weighted by atomic mass is 32.2. The maximum Gasteiger partial charge on any atom is 0.326 e. The number of amides is 3. The Bertz CT molecular complexity index is 746. The van der Waals surface area contributed by atoms with Crippen molar-refractivity contribution in [3.05, 3.63) is 0 Å². The second kappa shape index (κ2) is 17.8. The fourth-order valence-corrected chi connectivity index (χ4v) is 3.77. The molecule has 208 valence electrons. The largest absolute Gasteiger partial charge is 0.480 e. The molecule has 10 N–H and O–H groups in total. The van der Waals surface area contributed by atoms with E-state index in [-0.39, 0.29) is 37.2 Å². The minimum atomic E-state index is -1.16. The summed E-state index contributed by atoms with van der Waals surface area (Å²) < 4.78 is 0. The summed E-state index contributed by atoms with van der Waals surface area (Å²) in [5.41, 5.74) is 16.7. The van der Waals surface area contributed by atoms with Crippen LogP contribution in [0.1, 0.15) is 59.8 Å². The molecule has 0 radical (unpaired) electrons. The quantitative estimate of drug-likeness (QED) is 0.0704. The normalized spacial score (nSPS) is 15.2. The van der Waals surface area contributed by atoms with Gasteiger partial charge in [0.05, 0.1) is 6.04 Å². The van der Waals surface area contributed by atoms with Crippen molar-refractivity contribution >= 4 is 41.4 Å². The molecule has 0 spiro atoms. The number of rotatable bonds is 18. The van der Waals surface area contributed by atoms with Crippen LogP contribution in [0.3, 0.4) is 0 Å². The zero-order valence-electron chi connectivity index (χ0n) is 22.1. The molecule has 0 fully saturated rings. The summed E-state index contributed by atoms with van der Waals surface area (Å²) in [5, 5.41) is 17.4. The first kappa shape index (κ1) is 33.5. The van der Waals surface area contributed by atoms with Crippen molar-refractivity contribution in [2.24, 2.45) is 34.0 Å². The number of carbonyl (C=O) groups is 4. The van der Waals surface area contributed by atoms with Crippen molar-refractivity contribution < 1.29 is 24.3 Å². The molecule has 0 saturated heterocycles. The molecule has 0 aliphatic rings. The van der Waals surface area contributed by atoms with Crippen molar-refractivity contribution in [1.29, 1.82) is 0 Å². The van der Waals surface area contributed by atoms with Gasteiger partial charge in [0.15, 0.2) is 5.96 Å². The Morgan fingerprint density at radius 3 is 1.92 bits per heavy atom. The standard InChI is InChI=1S/C23H45N7O5S/c1-6-14(4)18(24)21(33)29-16(9-11-36-5)20(32)28-15(8-7-10-27-23(25)26)19(31)30-17(22(34)35)12-13(2)3/h13-18H,6-12,24H2,1-5H3,(H,28,32)(H,29,33)(H,30,31)(H,34,35)(H4,25,26,27). The molecule has 12 nitrogen and oxygen atoms in total. The first-order valence-electron chi connectivity index (χ1n) is 12.3. The SMILES string of the molecule is CCC(C)C(N)C(=O)NC(CCSC)C(=O)NC(CCCN=C(N)N)C(=O)NC(CC(C)C)C(=O)O. The molecule has 3 amide bonds. The molecule has 5 atom stereocenters. The van der Waals surface area contributed by atoms with Crippen molar-refractivity contribution in [1.82, 2.24) is 16.0 Å². The average molecular weight is 532 g/mol. The van der Waals surface area contributed by atoms with Crippen LogP contribution in [0.5, 0.6) is 0 Å². The Morgan fingerprint density at radius 1 is 0.917 bits per heavy atom. The van der Waals surface area contributed by atoms with E-state index in [1.165, 1.54) is 11.8 Å². The number of aliphatic carboxylic acids is 1. The van der Waals surface area contributed by atoms with Gasteiger partial charge in [0, 0.05) is 6.54 Å². The minimum absolute atomic E-state index is 0.0298. The molecule has 0 aromatic heterocycles. The molecule has 0 rings (SSSR count). The van der Waals surface area contributed by atoms with Gasteiger partial charge in [-0.1, -0.05) is 34.1 Å². The summed E-state index contributed by atoms with van der Waals surface area (Å²) in [6, 6.07) is -3.82. The smallest absolute Gasteiger partial charge is 0.326 e. The van der Waals surface area contributed by atoms with Crippen LogP contribution >= 0.6 is 11.8 Å². The van der Waals surface area contributed by atoms with Gasteiger partial charge >= 0.3 is 5.97 Å². The number of hydrogen-bond acceptors (Lipinski definition) is 7. The third-order valence-corrected chi connectivity index (χ3v) is 6.35. The molecule has 13 heteroatoms. The molecule has 0 heterocycles. The van der Waals surface area contributed by atoms with Gasteiger partial charge in [-0.05, 0) is 49.5 Å². The number of aliphatic imine (C=N–C) groups is 1. The lowest BCUT2D eigenvalue weighted by Crippen LogP contribution is -2.57. The van der Waals surface area contributed by atoms with E-state index < -0.39 is 47.9 Å². The summed E-state index contributed by atoms with van der Waals surface area (Å²) in [4.78, 5) is 54.3. The molecule has 0 saturated carbocycles. The van der Waals surface area contributed by atoms with Crippen molar-refractivity contribution in [2.45, 2.75) is 84.0 Å². The van der Waals surface area contributed by atoms with Crippen molar-refractivity contribution in [2.75, 3.05) is 18.6 Å². The molecule has 0 aliphatic heterocycles. The molecule has 0 aliphatic carbocycles. The first-order chi connectivity index (χ1) is 16.8. The van der Waals surface area contributed by atoms with Gasteiger partial charge in [0.25, 0.3) is 0 Å². The minimum Gasteiger partial charge on any atom is -0.480 e. The summed E-state index contributed by atoms with van der Waals surface area (Å²) in [6.45, 7) is 7.70. The third kappa shape index (κ3) is 13.5. The van der Waals surface area contributed by atoms with Crippen molar-refractivity contribution in [3.63, 3.8) is 0 Å². The number of carboxylic acid groups (broad SMARTS) is 1. The van der Waals surface area contributed by atoms with E-state index in [9.17, 15) is 24.3 Å². The second-order valence-corrected chi connectivity index (χ2v) is 10.3. The Balaban J connectivity index is 5.63. The number of thioether (sulfide) groups is 1. The van der Waals surface area contributed by atoms with Gasteiger partial charge in [0.2, 0.25) is 17.7 Å². The number of guanidine groups is 1. The van der Waals surface area contributed by atoms with E-state index in [1.54, 1.807) is 0 Å². The second-order valence-electron chi connectivity index (χ2n) is 9.29. The predicted molar refractivity (Wildman–Crippen MR) is 143 cm³/mol. The molecular weight excluding hydrogens is 486 g/mol. The highest BCUT2D eigenvalue weighted by Gasteiger charge is 2.31. The monoisotopic (exact) mass is 531 g/mol. The third-order valence-electron chi connectivity index (χ3n) is 5.70. The average Bonchev–Trinajstić information content (AvgIpc) is 2.81. The molecule has 36 heavy (non-hydrogen) atoms. The summed E-state index contributed by atoms with van der Waals surface area (Å²) >= 11 is 1.51. The fourth-order valence-electron chi connectivity index (χ4n) is 3.29. The Kier molecular flexibility index (Phi) is 16.6. The number of carbonyl (C=O) groups excluding carboxylic acids is 3. The Labute approximate surface area is 218 Å². The molecule has 0 aromatic carbocycles. The Morgan fingerprint density at radius 2 is 1.44 bits per heavy atom. The van der Waals surface area contributed by atoms with Gasteiger partial charge in [-0.3, -0.25) is 19.4 Å². The zero-order valence-corrected chi connectivity index (χ0v) is 22.9. The van der Waals surface area contributed by atoms with Gasteiger partial charge in [-0.2, -0.15) is 11.8 Å². The van der Waals surface area contributed by atoms with Crippen molar-refractivity contribution in [3.8, 4) is 0 Å². The number of hydrogen-bond donors (Lipinski definition) is 7. The Hall–Kier alpha value is -2.54. The van der Waals surface area contributed by atoms with E-state index >= 15 is 0 Å². The molecule has 0 bridgehead atoms. The maximum absolute atomic E-state index is 13.2. The highest BCUT2D eigenvalue weighted by Crippen LogP contribution is 2.10. The summed E-state index contributed by atoms with van der Waals surface area (Å²) in [7, 11) is 0. The molecule has 5 unspecified atom stereocenters. The van der Waals surface area contributed by atoms with Crippen LogP contribution in [0.2, 0.25) is 0 Å². The van der Waals surface area contributed by atoms with E-state index in [2.05, 4.69) is 20.9 Å². The van der Waals surface area contributed by atoms with E-state index in [4.69, 9.17) is 17.2 Å². The van der Waals surface area contributed by atoms with Crippen LogP contribution in [0.15, 0.2) is 4.99 Å². The van der Waals surface area contributed by atoms with Crippen LogP contribution in [0.4, 0.5) is 0 Å². The summed E-state index contributed by atoms with van der Waals surface area (Å²) in [5.74, 6) is -2.33. The van der Waals surface area contributed by atoms with E-state index in [1.807, 2.05) is 34.0 Å². The van der Waals surface area contributed by atoms with Gasteiger partial charge in [0.1, 0.15) is 18.1 Å². The number of nitrogens with zero attached hydrogens (tertiary/aromatic N) is 1. The predicted octanol–water partition coefficient (Wildman–Crippen LogP) is -0.248. The number of carboxylic acids is 1. The topological polar surface area (TPSA) is 215 Å². The number of nitrogens with two attached hydrogens (primary N) is 3. The highest BCUT2D eigenvalue weighted by molar-refractivity contribution is 7.98. The maximum atomic E-state index is 13.2.